The highest BCUT2D eigenvalue weighted by Gasteiger charge is 2.35. The van der Waals surface area contributed by atoms with E-state index in [1.807, 2.05) is 35.2 Å². The fourth-order valence-electron chi connectivity index (χ4n) is 3.41. The van der Waals surface area contributed by atoms with Crippen molar-refractivity contribution in [3.8, 4) is 0 Å². The van der Waals surface area contributed by atoms with Crippen molar-refractivity contribution in [2.75, 3.05) is 26.2 Å². The smallest absolute Gasteiger partial charge is 0.351 e. The van der Waals surface area contributed by atoms with Gasteiger partial charge in [0.1, 0.15) is 0 Å². The first-order valence-electron chi connectivity index (χ1n) is 9.82. The van der Waals surface area contributed by atoms with Crippen LogP contribution in [0.3, 0.4) is 0 Å². The lowest BCUT2D eigenvalue weighted by Crippen LogP contribution is -2.54. The first kappa shape index (κ1) is 23.2. The van der Waals surface area contributed by atoms with Gasteiger partial charge >= 0.3 is 6.18 Å². The zero-order valence-electron chi connectivity index (χ0n) is 17.0. The van der Waals surface area contributed by atoms with Crippen molar-refractivity contribution >= 4 is 15.9 Å². The molecule has 0 aliphatic carbocycles. The monoisotopic (exact) mass is 455 g/mol. The van der Waals surface area contributed by atoms with Crippen LogP contribution >= 0.6 is 0 Å². The predicted octanol–water partition coefficient (Wildman–Crippen LogP) is 2.72. The van der Waals surface area contributed by atoms with Gasteiger partial charge in [-0.3, -0.25) is 9.69 Å². The number of carbonyl (C=O) groups excluding carboxylic acids is 1. The summed E-state index contributed by atoms with van der Waals surface area (Å²) in [5.74, 6) is -0.168. The van der Waals surface area contributed by atoms with Gasteiger partial charge in [-0.1, -0.05) is 36.4 Å². The van der Waals surface area contributed by atoms with E-state index < -0.39 is 27.8 Å². The quantitative estimate of drug-likeness (QED) is 0.727. The van der Waals surface area contributed by atoms with Crippen molar-refractivity contribution in [2.24, 2.45) is 0 Å². The number of carbonyl (C=O) groups is 1. The number of piperazine rings is 1. The van der Waals surface area contributed by atoms with Crippen molar-refractivity contribution in [3.05, 3.63) is 65.7 Å². The molecular formula is C21H24F3N3O3S. The van der Waals surface area contributed by atoms with Crippen LogP contribution in [-0.2, 0) is 27.5 Å². The van der Waals surface area contributed by atoms with Gasteiger partial charge in [0.05, 0.1) is 16.5 Å². The fourth-order valence-corrected chi connectivity index (χ4v) is 4.88. The van der Waals surface area contributed by atoms with Crippen LogP contribution in [0.15, 0.2) is 59.5 Å². The van der Waals surface area contributed by atoms with Gasteiger partial charge in [-0.05, 0) is 30.7 Å². The van der Waals surface area contributed by atoms with Gasteiger partial charge in [0.2, 0.25) is 15.9 Å². The maximum Gasteiger partial charge on any atom is 0.416 e. The second kappa shape index (κ2) is 9.37. The van der Waals surface area contributed by atoms with Crippen LogP contribution in [0, 0.1) is 0 Å². The Hall–Kier alpha value is -2.43. The molecule has 0 bridgehead atoms. The van der Waals surface area contributed by atoms with Crippen LogP contribution in [0.1, 0.15) is 18.1 Å². The summed E-state index contributed by atoms with van der Waals surface area (Å²) in [6.45, 7) is 2.94. The Morgan fingerprint density at radius 3 is 2.29 bits per heavy atom. The average molecular weight is 456 g/mol. The third-order valence-electron chi connectivity index (χ3n) is 5.31. The lowest BCUT2D eigenvalue weighted by Gasteiger charge is -2.36. The fraction of sp³-hybridized carbons (Fsp3) is 0.381. The molecule has 1 aliphatic heterocycles. The number of amides is 1. The summed E-state index contributed by atoms with van der Waals surface area (Å²) >= 11 is 0. The molecule has 1 saturated heterocycles. The number of benzene rings is 2. The molecule has 0 radical (unpaired) electrons. The minimum Gasteiger partial charge on any atom is -0.351 e. The van der Waals surface area contributed by atoms with Crippen LogP contribution in [0.2, 0.25) is 0 Å². The van der Waals surface area contributed by atoms with Crippen LogP contribution < -0.4 is 5.32 Å². The summed E-state index contributed by atoms with van der Waals surface area (Å²) in [6, 6.07) is 12.8. The molecule has 31 heavy (non-hydrogen) atoms. The molecule has 3 rings (SSSR count). The van der Waals surface area contributed by atoms with Crippen molar-refractivity contribution in [2.45, 2.75) is 30.6 Å². The van der Waals surface area contributed by atoms with Crippen molar-refractivity contribution < 1.29 is 26.4 Å². The maximum absolute atomic E-state index is 12.9. The van der Waals surface area contributed by atoms with Crippen molar-refractivity contribution in [1.29, 1.82) is 0 Å². The zero-order valence-corrected chi connectivity index (χ0v) is 17.8. The molecule has 10 heteroatoms. The number of nitrogens with zero attached hydrogens (tertiary/aromatic N) is 2. The lowest BCUT2D eigenvalue weighted by atomic mass is 10.2. The number of hydrogen-bond donors (Lipinski definition) is 1. The molecule has 1 aliphatic rings. The standard InChI is InChI=1S/C21H24F3N3O3S/c1-16(20(28)25-15-17-6-3-2-4-7-17)26-10-12-27(13-11-26)31(29,30)19-9-5-8-18(14-19)21(22,23)24/h2-9,14,16H,10-13,15H2,1H3,(H,25,28). The molecule has 1 fully saturated rings. The summed E-state index contributed by atoms with van der Waals surface area (Å²) in [5, 5.41) is 2.86. The Kier molecular flexibility index (Phi) is 7.03. The third-order valence-corrected chi connectivity index (χ3v) is 7.20. The van der Waals surface area contributed by atoms with E-state index in [-0.39, 0.29) is 23.9 Å². The van der Waals surface area contributed by atoms with Gasteiger partial charge in [0, 0.05) is 32.7 Å². The first-order chi connectivity index (χ1) is 14.6. The first-order valence-corrected chi connectivity index (χ1v) is 11.3. The second-order valence-corrected chi connectivity index (χ2v) is 9.28. The van der Waals surface area contributed by atoms with Crippen molar-refractivity contribution in [1.82, 2.24) is 14.5 Å². The topological polar surface area (TPSA) is 69.7 Å². The zero-order chi connectivity index (χ0) is 22.6. The molecule has 6 nitrogen and oxygen atoms in total. The molecule has 1 amide bonds. The highest BCUT2D eigenvalue weighted by molar-refractivity contribution is 7.89. The number of rotatable bonds is 6. The lowest BCUT2D eigenvalue weighted by molar-refractivity contribution is -0.137. The number of alkyl halides is 3. The summed E-state index contributed by atoms with van der Waals surface area (Å²) in [7, 11) is -4.05. The second-order valence-electron chi connectivity index (χ2n) is 7.35. The molecule has 0 saturated carbocycles. The molecule has 1 unspecified atom stereocenters. The van der Waals surface area contributed by atoms with E-state index in [1.165, 1.54) is 0 Å². The van der Waals surface area contributed by atoms with E-state index in [4.69, 9.17) is 0 Å². The van der Waals surface area contributed by atoms with Gasteiger partial charge in [0.25, 0.3) is 0 Å². The van der Waals surface area contributed by atoms with E-state index in [9.17, 15) is 26.4 Å². The van der Waals surface area contributed by atoms with Crippen LogP contribution in [0.5, 0.6) is 0 Å². The van der Waals surface area contributed by atoms with E-state index >= 15 is 0 Å². The highest BCUT2D eigenvalue weighted by atomic mass is 32.2. The van der Waals surface area contributed by atoms with E-state index in [0.717, 1.165) is 28.1 Å². The van der Waals surface area contributed by atoms with E-state index in [0.29, 0.717) is 25.7 Å². The van der Waals surface area contributed by atoms with E-state index in [1.54, 1.807) is 6.92 Å². The molecule has 1 heterocycles. The maximum atomic E-state index is 12.9. The summed E-state index contributed by atoms with van der Waals surface area (Å²) in [5.41, 5.74) is -0.0315. The molecular weight excluding hydrogens is 431 g/mol. The Balaban J connectivity index is 1.59. The van der Waals surface area contributed by atoms with Crippen LogP contribution in [0.25, 0.3) is 0 Å². The van der Waals surface area contributed by atoms with Gasteiger partial charge in [0.15, 0.2) is 0 Å². The number of halogens is 3. The molecule has 0 spiro atoms. The minimum atomic E-state index is -4.62. The molecule has 1 atom stereocenters. The number of sulfonamides is 1. The number of hydrogen-bond acceptors (Lipinski definition) is 4. The summed E-state index contributed by atoms with van der Waals surface area (Å²) in [6.07, 6.45) is -4.62. The third kappa shape index (κ3) is 5.63. The van der Waals surface area contributed by atoms with Gasteiger partial charge in [-0.2, -0.15) is 17.5 Å². The summed E-state index contributed by atoms with van der Waals surface area (Å²) < 4.78 is 65.6. The van der Waals surface area contributed by atoms with Gasteiger partial charge in [-0.15, -0.1) is 0 Å². The van der Waals surface area contributed by atoms with Crippen LogP contribution in [0.4, 0.5) is 13.2 Å². The Labute approximate surface area is 179 Å². The summed E-state index contributed by atoms with van der Waals surface area (Å²) in [4.78, 5) is 13.9. The SMILES string of the molecule is CC(C(=O)NCc1ccccc1)N1CCN(S(=O)(=O)c2cccc(C(F)(F)F)c2)CC1. The van der Waals surface area contributed by atoms with E-state index in [2.05, 4.69) is 5.32 Å². The molecule has 1 N–H and O–H groups in total. The Morgan fingerprint density at radius 1 is 1.03 bits per heavy atom. The largest absolute Gasteiger partial charge is 0.416 e. The predicted molar refractivity (Wildman–Crippen MR) is 110 cm³/mol. The molecule has 0 aromatic heterocycles. The normalized spacial score (nSPS) is 17.3. The highest BCUT2D eigenvalue weighted by Crippen LogP contribution is 2.31. The van der Waals surface area contributed by atoms with Crippen LogP contribution in [-0.4, -0.2) is 55.8 Å². The van der Waals surface area contributed by atoms with Gasteiger partial charge < -0.3 is 5.32 Å². The van der Waals surface area contributed by atoms with Crippen molar-refractivity contribution in [3.63, 3.8) is 0 Å². The Bertz CT molecular complexity index is 1010. The van der Waals surface area contributed by atoms with Gasteiger partial charge in [-0.25, -0.2) is 8.42 Å². The average Bonchev–Trinajstić information content (AvgIpc) is 2.77. The molecule has 2 aromatic rings. The molecule has 168 valence electrons. The Morgan fingerprint density at radius 2 is 1.68 bits per heavy atom. The minimum absolute atomic E-state index is 0.0921. The molecule has 2 aromatic carbocycles. The number of nitrogens with one attached hydrogen (secondary N) is 1.